The second kappa shape index (κ2) is 4.73. The van der Waals surface area contributed by atoms with E-state index in [0.717, 1.165) is 6.42 Å². The van der Waals surface area contributed by atoms with E-state index in [1.807, 2.05) is 12.1 Å². The van der Waals surface area contributed by atoms with Gasteiger partial charge in [-0.25, -0.2) is 5.01 Å². The summed E-state index contributed by atoms with van der Waals surface area (Å²) in [6.07, 6.45) is 4.85. The fourth-order valence-corrected chi connectivity index (χ4v) is 1.16. The molecule has 2 nitrogen and oxygen atoms in total. The molecule has 0 aliphatic carbocycles. The van der Waals surface area contributed by atoms with E-state index in [9.17, 15) is 0 Å². The van der Waals surface area contributed by atoms with Crippen LogP contribution in [-0.4, -0.2) is 17.6 Å². The van der Waals surface area contributed by atoms with Crippen molar-refractivity contribution in [3.05, 3.63) is 0 Å². The molecule has 0 aliphatic heterocycles. The predicted octanol–water partition coefficient (Wildman–Crippen LogP) is 2.15. The van der Waals surface area contributed by atoms with Gasteiger partial charge in [-0.3, -0.25) is 5.84 Å². The largest absolute Gasteiger partial charge is 0.269 e. The Kier molecular flexibility index (Phi) is 4.69. The molecule has 2 N–H and O–H groups in total. The van der Waals surface area contributed by atoms with E-state index in [0.29, 0.717) is 0 Å². The van der Waals surface area contributed by atoms with Crippen molar-refractivity contribution in [2.24, 2.45) is 5.84 Å². The van der Waals surface area contributed by atoms with E-state index >= 15 is 0 Å². The van der Waals surface area contributed by atoms with E-state index in [2.05, 4.69) is 20.8 Å². The third-order valence-corrected chi connectivity index (χ3v) is 2.68. The van der Waals surface area contributed by atoms with Crippen molar-refractivity contribution in [1.82, 2.24) is 5.01 Å². The third kappa shape index (κ3) is 3.21. The van der Waals surface area contributed by atoms with Gasteiger partial charge in [0.25, 0.3) is 0 Å². The molecule has 2 heteroatoms. The number of hydrazine groups is 1. The summed E-state index contributed by atoms with van der Waals surface area (Å²) in [6.45, 7) is 6.63. The number of hydrogen-bond donors (Lipinski definition) is 1. The Hall–Kier alpha value is -0.0800. The summed E-state index contributed by atoms with van der Waals surface area (Å²) in [7, 11) is 1.96. The monoisotopic (exact) mass is 158 g/mol. The summed E-state index contributed by atoms with van der Waals surface area (Å²) in [5.74, 6) is 5.76. The molecule has 0 heterocycles. The third-order valence-electron chi connectivity index (χ3n) is 2.68. The molecule has 0 bridgehead atoms. The lowest BCUT2D eigenvalue weighted by Crippen LogP contribution is -2.47. The summed E-state index contributed by atoms with van der Waals surface area (Å²) < 4.78 is 0. The Morgan fingerprint density at radius 2 is 1.91 bits per heavy atom. The Labute approximate surface area is 70.7 Å². The van der Waals surface area contributed by atoms with Crippen molar-refractivity contribution in [3.8, 4) is 0 Å². The number of unbranched alkanes of at least 4 members (excludes halogenated alkanes) is 1. The highest BCUT2D eigenvalue weighted by molar-refractivity contribution is 4.79. The maximum atomic E-state index is 5.76. The molecule has 0 aromatic heterocycles. The fraction of sp³-hybridized carbons (Fsp3) is 1.00. The zero-order valence-electron chi connectivity index (χ0n) is 8.35. The maximum absolute atomic E-state index is 5.76. The summed E-state index contributed by atoms with van der Waals surface area (Å²) in [5.41, 5.74) is 0.204. The van der Waals surface area contributed by atoms with Crippen LogP contribution in [0, 0.1) is 0 Å². The van der Waals surface area contributed by atoms with E-state index in [-0.39, 0.29) is 5.54 Å². The normalized spacial score (nSPS) is 16.9. The molecular weight excluding hydrogens is 136 g/mol. The van der Waals surface area contributed by atoms with Crippen LogP contribution in [0.4, 0.5) is 0 Å². The zero-order chi connectivity index (χ0) is 8.91. The highest BCUT2D eigenvalue weighted by Crippen LogP contribution is 2.21. The van der Waals surface area contributed by atoms with Crippen molar-refractivity contribution >= 4 is 0 Å². The maximum Gasteiger partial charge on any atom is 0.0318 e. The van der Waals surface area contributed by atoms with Crippen LogP contribution in [0.15, 0.2) is 0 Å². The average Bonchev–Trinajstić information content (AvgIpc) is 2.00. The Bertz CT molecular complexity index is 102. The van der Waals surface area contributed by atoms with Crippen molar-refractivity contribution in [3.63, 3.8) is 0 Å². The van der Waals surface area contributed by atoms with Crippen molar-refractivity contribution < 1.29 is 0 Å². The van der Waals surface area contributed by atoms with Crippen molar-refractivity contribution in [2.45, 2.75) is 52.0 Å². The van der Waals surface area contributed by atoms with Gasteiger partial charge in [-0.2, -0.15) is 0 Å². The lowest BCUT2D eigenvalue weighted by atomic mass is 9.92. The van der Waals surface area contributed by atoms with E-state index in [1.54, 1.807) is 0 Å². The molecule has 0 saturated carbocycles. The number of nitrogens with two attached hydrogens (primary N) is 1. The van der Waals surface area contributed by atoms with Crippen LogP contribution in [0.3, 0.4) is 0 Å². The summed E-state index contributed by atoms with van der Waals surface area (Å²) in [6, 6.07) is 0. The fourth-order valence-electron chi connectivity index (χ4n) is 1.16. The first-order valence-corrected chi connectivity index (χ1v) is 4.55. The molecule has 0 rings (SSSR count). The molecule has 11 heavy (non-hydrogen) atoms. The van der Waals surface area contributed by atoms with Gasteiger partial charge in [-0.15, -0.1) is 0 Å². The first-order chi connectivity index (χ1) is 5.06. The van der Waals surface area contributed by atoms with Crippen LogP contribution in [-0.2, 0) is 0 Å². The van der Waals surface area contributed by atoms with E-state index in [4.69, 9.17) is 5.84 Å². The second-order valence-corrected chi connectivity index (χ2v) is 3.56. The first kappa shape index (κ1) is 10.9. The number of rotatable bonds is 5. The standard InChI is InChI=1S/C9H22N2/c1-5-7-8-9(3,6-2)11(4)10/h5-8,10H2,1-4H3. The van der Waals surface area contributed by atoms with E-state index in [1.165, 1.54) is 19.3 Å². The molecule has 68 valence electrons. The summed E-state index contributed by atoms with van der Waals surface area (Å²) in [5, 5.41) is 1.85. The highest BCUT2D eigenvalue weighted by Gasteiger charge is 2.23. The summed E-state index contributed by atoms with van der Waals surface area (Å²) >= 11 is 0. The Balaban J connectivity index is 3.88. The topological polar surface area (TPSA) is 29.3 Å². The summed E-state index contributed by atoms with van der Waals surface area (Å²) in [4.78, 5) is 0. The minimum absolute atomic E-state index is 0.204. The first-order valence-electron chi connectivity index (χ1n) is 4.55. The smallest absolute Gasteiger partial charge is 0.0318 e. The molecule has 0 fully saturated rings. The SMILES string of the molecule is CCCCC(C)(CC)N(C)N. The quantitative estimate of drug-likeness (QED) is 0.490. The van der Waals surface area contributed by atoms with Crippen molar-refractivity contribution in [2.75, 3.05) is 7.05 Å². The second-order valence-electron chi connectivity index (χ2n) is 3.56. The van der Waals surface area contributed by atoms with Gasteiger partial charge in [0.15, 0.2) is 0 Å². The van der Waals surface area contributed by atoms with Crippen LogP contribution in [0.1, 0.15) is 46.5 Å². The van der Waals surface area contributed by atoms with Crippen LogP contribution in [0.5, 0.6) is 0 Å². The Morgan fingerprint density at radius 3 is 2.18 bits per heavy atom. The molecule has 0 spiro atoms. The van der Waals surface area contributed by atoms with Crippen LogP contribution in [0.2, 0.25) is 0 Å². The van der Waals surface area contributed by atoms with Crippen LogP contribution in [0.25, 0.3) is 0 Å². The molecule has 1 atom stereocenters. The van der Waals surface area contributed by atoms with Gasteiger partial charge in [-0.1, -0.05) is 26.7 Å². The number of nitrogens with zero attached hydrogens (tertiary/aromatic N) is 1. The molecule has 0 aromatic carbocycles. The lowest BCUT2D eigenvalue weighted by Gasteiger charge is -2.35. The van der Waals surface area contributed by atoms with Gasteiger partial charge >= 0.3 is 0 Å². The molecular formula is C9H22N2. The minimum atomic E-state index is 0.204. The van der Waals surface area contributed by atoms with Gasteiger partial charge in [0.05, 0.1) is 0 Å². The van der Waals surface area contributed by atoms with Gasteiger partial charge in [0, 0.05) is 12.6 Å². The molecule has 1 unspecified atom stereocenters. The minimum Gasteiger partial charge on any atom is -0.269 e. The van der Waals surface area contributed by atoms with Crippen LogP contribution < -0.4 is 5.84 Å². The predicted molar refractivity (Wildman–Crippen MR) is 50.2 cm³/mol. The van der Waals surface area contributed by atoms with E-state index < -0.39 is 0 Å². The van der Waals surface area contributed by atoms with Gasteiger partial charge in [-0.05, 0) is 19.8 Å². The molecule has 0 amide bonds. The van der Waals surface area contributed by atoms with Gasteiger partial charge in [0.2, 0.25) is 0 Å². The van der Waals surface area contributed by atoms with Gasteiger partial charge < -0.3 is 0 Å². The average molecular weight is 158 g/mol. The van der Waals surface area contributed by atoms with Crippen LogP contribution >= 0.6 is 0 Å². The molecule has 0 saturated heterocycles. The van der Waals surface area contributed by atoms with Crippen molar-refractivity contribution in [1.29, 1.82) is 0 Å². The number of hydrogen-bond acceptors (Lipinski definition) is 2. The lowest BCUT2D eigenvalue weighted by molar-refractivity contribution is 0.120. The highest BCUT2D eigenvalue weighted by atomic mass is 15.4. The molecule has 0 aliphatic rings. The zero-order valence-corrected chi connectivity index (χ0v) is 8.35. The Morgan fingerprint density at radius 1 is 1.36 bits per heavy atom. The molecule has 0 radical (unpaired) electrons. The van der Waals surface area contributed by atoms with Gasteiger partial charge in [0.1, 0.15) is 0 Å². The molecule has 0 aromatic rings.